The third-order valence-electron chi connectivity index (χ3n) is 5.00. The Morgan fingerprint density at radius 1 is 1.39 bits per heavy atom. The van der Waals surface area contributed by atoms with Gasteiger partial charge in [-0.05, 0) is 25.2 Å². The van der Waals surface area contributed by atoms with Crippen LogP contribution in [0, 0.1) is 29.6 Å². The first-order chi connectivity index (χ1) is 8.63. The third kappa shape index (κ3) is 2.08. The molecule has 0 bridgehead atoms. The zero-order valence-corrected chi connectivity index (χ0v) is 11.6. The summed E-state index contributed by atoms with van der Waals surface area (Å²) in [5.41, 5.74) is 0. The molecule has 0 N–H and O–H groups in total. The second-order valence-electron chi connectivity index (χ2n) is 5.90. The lowest BCUT2D eigenvalue weighted by atomic mass is 9.60. The zero-order chi connectivity index (χ0) is 13.3. The molecule has 0 aromatic heterocycles. The van der Waals surface area contributed by atoms with Crippen LogP contribution in [0.3, 0.4) is 0 Å². The van der Waals surface area contributed by atoms with Crippen LogP contribution in [0.2, 0.25) is 0 Å². The Labute approximate surface area is 109 Å². The average molecular weight is 252 g/mol. The molecule has 0 spiro atoms. The summed E-state index contributed by atoms with van der Waals surface area (Å²) >= 11 is 0. The molecule has 18 heavy (non-hydrogen) atoms. The molecule has 0 aromatic rings. The van der Waals surface area contributed by atoms with Gasteiger partial charge in [0.25, 0.3) is 0 Å². The van der Waals surface area contributed by atoms with Crippen LogP contribution in [0.25, 0.3) is 0 Å². The number of ether oxygens (including phenoxy) is 1. The maximum Gasteiger partial charge on any atom is 0.309 e. The van der Waals surface area contributed by atoms with Crippen molar-refractivity contribution in [1.82, 2.24) is 0 Å². The molecule has 6 atom stereocenters. The number of cyclic esters (lactones) is 1. The van der Waals surface area contributed by atoms with Crippen molar-refractivity contribution in [3.63, 3.8) is 0 Å². The second-order valence-corrected chi connectivity index (χ2v) is 5.90. The fourth-order valence-electron chi connectivity index (χ4n) is 4.27. The molecule has 3 nitrogen and oxygen atoms in total. The molecular weight excluding hydrogens is 228 g/mol. The standard InChI is InChI=1S/C15H24O3/c1-4-6-10-7-12-14(9(3)18-15(12)17)13(8-16)11(10)5-2/h8-14H,4-7H2,1-3H3. The van der Waals surface area contributed by atoms with Gasteiger partial charge < -0.3 is 9.53 Å². The van der Waals surface area contributed by atoms with Crippen LogP contribution in [-0.4, -0.2) is 18.4 Å². The molecule has 6 unspecified atom stereocenters. The summed E-state index contributed by atoms with van der Waals surface area (Å²) in [4.78, 5) is 23.4. The lowest BCUT2D eigenvalue weighted by Gasteiger charge is -2.41. The molecule has 2 rings (SSSR count). The first-order valence-corrected chi connectivity index (χ1v) is 7.29. The van der Waals surface area contributed by atoms with Crippen molar-refractivity contribution < 1.29 is 14.3 Å². The quantitative estimate of drug-likeness (QED) is 0.571. The summed E-state index contributed by atoms with van der Waals surface area (Å²) in [5.74, 6) is 0.958. The average Bonchev–Trinajstić information content (AvgIpc) is 2.63. The molecule has 0 amide bonds. The highest BCUT2D eigenvalue weighted by molar-refractivity contribution is 5.76. The van der Waals surface area contributed by atoms with Gasteiger partial charge in [-0.1, -0.05) is 33.1 Å². The van der Waals surface area contributed by atoms with Crippen molar-refractivity contribution in [1.29, 1.82) is 0 Å². The largest absolute Gasteiger partial charge is 0.462 e. The van der Waals surface area contributed by atoms with Gasteiger partial charge in [-0.15, -0.1) is 0 Å². The van der Waals surface area contributed by atoms with E-state index in [2.05, 4.69) is 13.8 Å². The van der Waals surface area contributed by atoms with Gasteiger partial charge in [-0.2, -0.15) is 0 Å². The number of rotatable bonds is 4. The highest BCUT2D eigenvalue weighted by Gasteiger charge is 2.53. The van der Waals surface area contributed by atoms with Gasteiger partial charge in [0.2, 0.25) is 0 Å². The molecule has 3 heteroatoms. The van der Waals surface area contributed by atoms with E-state index in [0.29, 0.717) is 11.8 Å². The molecule has 1 saturated heterocycles. The summed E-state index contributed by atoms with van der Waals surface area (Å²) < 4.78 is 5.36. The monoisotopic (exact) mass is 252 g/mol. The van der Waals surface area contributed by atoms with Gasteiger partial charge in [0.1, 0.15) is 12.4 Å². The lowest BCUT2D eigenvalue weighted by Crippen LogP contribution is -2.42. The van der Waals surface area contributed by atoms with Crippen molar-refractivity contribution in [2.75, 3.05) is 0 Å². The van der Waals surface area contributed by atoms with Gasteiger partial charge in [0.05, 0.1) is 5.92 Å². The van der Waals surface area contributed by atoms with E-state index in [1.165, 1.54) is 0 Å². The summed E-state index contributed by atoms with van der Waals surface area (Å²) in [6.07, 6.45) is 5.19. The normalized spacial score (nSPS) is 43.4. The summed E-state index contributed by atoms with van der Waals surface area (Å²) in [7, 11) is 0. The number of carbonyl (C=O) groups excluding carboxylic acids is 2. The van der Waals surface area contributed by atoms with E-state index < -0.39 is 0 Å². The number of hydrogen-bond acceptors (Lipinski definition) is 3. The van der Waals surface area contributed by atoms with Gasteiger partial charge >= 0.3 is 5.97 Å². The fourth-order valence-corrected chi connectivity index (χ4v) is 4.27. The van der Waals surface area contributed by atoms with E-state index in [1.54, 1.807) is 0 Å². The summed E-state index contributed by atoms with van der Waals surface area (Å²) in [5, 5.41) is 0. The van der Waals surface area contributed by atoms with E-state index in [0.717, 1.165) is 32.0 Å². The maximum atomic E-state index is 11.9. The lowest BCUT2D eigenvalue weighted by molar-refractivity contribution is -0.144. The molecule has 2 fully saturated rings. The minimum Gasteiger partial charge on any atom is -0.462 e. The Bertz CT molecular complexity index is 326. The van der Waals surface area contributed by atoms with Crippen molar-refractivity contribution in [2.45, 2.75) is 52.6 Å². The Morgan fingerprint density at radius 3 is 2.67 bits per heavy atom. The smallest absolute Gasteiger partial charge is 0.309 e. The predicted octanol–water partition coefficient (Wildman–Crippen LogP) is 2.83. The van der Waals surface area contributed by atoms with Crippen molar-refractivity contribution in [3.8, 4) is 0 Å². The topological polar surface area (TPSA) is 43.4 Å². The van der Waals surface area contributed by atoms with Crippen LogP contribution in [-0.2, 0) is 14.3 Å². The van der Waals surface area contributed by atoms with Gasteiger partial charge in [0, 0.05) is 11.8 Å². The Balaban J connectivity index is 2.26. The molecule has 1 heterocycles. The van der Waals surface area contributed by atoms with E-state index in [-0.39, 0.29) is 29.8 Å². The second kappa shape index (κ2) is 5.41. The van der Waals surface area contributed by atoms with Crippen LogP contribution >= 0.6 is 0 Å². The fraction of sp³-hybridized carbons (Fsp3) is 0.867. The van der Waals surface area contributed by atoms with Gasteiger partial charge in [-0.3, -0.25) is 4.79 Å². The highest BCUT2D eigenvalue weighted by Crippen LogP contribution is 2.49. The number of esters is 1. The molecule has 0 radical (unpaired) electrons. The maximum absolute atomic E-state index is 11.9. The predicted molar refractivity (Wildman–Crippen MR) is 68.9 cm³/mol. The van der Waals surface area contributed by atoms with E-state index >= 15 is 0 Å². The van der Waals surface area contributed by atoms with Crippen LogP contribution in [0.5, 0.6) is 0 Å². The molecule has 1 saturated carbocycles. The van der Waals surface area contributed by atoms with Crippen LogP contribution in [0.1, 0.15) is 46.5 Å². The van der Waals surface area contributed by atoms with E-state index in [9.17, 15) is 9.59 Å². The molecule has 1 aliphatic carbocycles. The third-order valence-corrected chi connectivity index (χ3v) is 5.00. The molecule has 0 aromatic carbocycles. The number of hydrogen-bond donors (Lipinski definition) is 0. The van der Waals surface area contributed by atoms with Gasteiger partial charge in [0.15, 0.2) is 0 Å². The van der Waals surface area contributed by atoms with Crippen LogP contribution in [0.15, 0.2) is 0 Å². The molecular formula is C15H24O3. The summed E-state index contributed by atoms with van der Waals surface area (Å²) in [6, 6.07) is 0. The Morgan fingerprint density at radius 2 is 2.11 bits per heavy atom. The minimum atomic E-state index is -0.0886. The van der Waals surface area contributed by atoms with E-state index in [4.69, 9.17) is 4.74 Å². The first-order valence-electron chi connectivity index (χ1n) is 7.29. The Kier molecular flexibility index (Phi) is 4.08. The first kappa shape index (κ1) is 13.6. The molecule has 102 valence electrons. The zero-order valence-electron chi connectivity index (χ0n) is 11.6. The minimum absolute atomic E-state index is 0.00625. The van der Waals surface area contributed by atoms with Crippen molar-refractivity contribution in [3.05, 3.63) is 0 Å². The molecule has 1 aliphatic heterocycles. The number of carbonyl (C=O) groups is 2. The van der Waals surface area contributed by atoms with Crippen molar-refractivity contribution in [2.24, 2.45) is 29.6 Å². The molecule has 2 aliphatic rings. The van der Waals surface area contributed by atoms with E-state index in [1.807, 2.05) is 6.92 Å². The number of aldehydes is 1. The SMILES string of the molecule is CCCC1CC2C(=O)OC(C)C2C(C=O)C1CC. The highest BCUT2D eigenvalue weighted by atomic mass is 16.6. The van der Waals surface area contributed by atoms with Gasteiger partial charge in [-0.25, -0.2) is 0 Å². The van der Waals surface area contributed by atoms with Crippen LogP contribution < -0.4 is 0 Å². The van der Waals surface area contributed by atoms with Crippen molar-refractivity contribution >= 4 is 12.3 Å². The summed E-state index contributed by atoms with van der Waals surface area (Å²) in [6.45, 7) is 6.27. The Hall–Kier alpha value is -0.860. The number of fused-ring (bicyclic) bond motifs is 1. The van der Waals surface area contributed by atoms with Crippen LogP contribution in [0.4, 0.5) is 0 Å².